The molecule has 0 radical (unpaired) electrons. The minimum Gasteiger partial charge on any atom is -0.395 e. The van der Waals surface area contributed by atoms with E-state index in [4.69, 9.17) is 5.11 Å². The number of likely N-dealkylation sites (tertiary alicyclic amines) is 1. The lowest BCUT2D eigenvalue weighted by Gasteiger charge is -2.52. The highest BCUT2D eigenvalue weighted by molar-refractivity contribution is 5.88. The van der Waals surface area contributed by atoms with Gasteiger partial charge in [-0.05, 0) is 32.7 Å². The molecular formula is C16H27N3O4. The number of piperidine rings is 1. The van der Waals surface area contributed by atoms with Crippen molar-refractivity contribution in [2.75, 3.05) is 46.4 Å². The summed E-state index contributed by atoms with van der Waals surface area (Å²) in [6, 6.07) is 0. The van der Waals surface area contributed by atoms with E-state index in [1.54, 1.807) is 4.90 Å². The van der Waals surface area contributed by atoms with E-state index in [1.807, 2.05) is 11.9 Å². The molecule has 2 heterocycles. The van der Waals surface area contributed by atoms with E-state index < -0.39 is 5.54 Å². The van der Waals surface area contributed by atoms with Gasteiger partial charge in [0, 0.05) is 38.6 Å². The highest BCUT2D eigenvalue weighted by Gasteiger charge is 2.50. The summed E-state index contributed by atoms with van der Waals surface area (Å²) in [6.07, 6.45) is 2.11. The van der Waals surface area contributed by atoms with E-state index in [9.17, 15) is 14.7 Å². The van der Waals surface area contributed by atoms with Gasteiger partial charge in [0.2, 0.25) is 11.8 Å². The maximum atomic E-state index is 12.9. The molecule has 0 aromatic carbocycles. The number of piperazine rings is 1. The van der Waals surface area contributed by atoms with Gasteiger partial charge in [-0.3, -0.25) is 14.5 Å². The van der Waals surface area contributed by atoms with Gasteiger partial charge in [-0.15, -0.1) is 0 Å². The van der Waals surface area contributed by atoms with Gasteiger partial charge in [-0.1, -0.05) is 0 Å². The molecule has 3 aliphatic rings. The summed E-state index contributed by atoms with van der Waals surface area (Å²) in [5.74, 6) is 0.180. The highest BCUT2D eigenvalue weighted by Crippen LogP contribution is 2.35. The second-order valence-electron chi connectivity index (χ2n) is 7.12. The number of amides is 2. The van der Waals surface area contributed by atoms with Crippen LogP contribution in [0.15, 0.2) is 0 Å². The van der Waals surface area contributed by atoms with E-state index in [2.05, 4.69) is 4.90 Å². The summed E-state index contributed by atoms with van der Waals surface area (Å²) in [5.41, 5.74) is -0.524. The smallest absolute Gasteiger partial charge is 0.243 e. The molecule has 0 bridgehead atoms. The maximum Gasteiger partial charge on any atom is 0.243 e. The van der Waals surface area contributed by atoms with Crippen molar-refractivity contribution in [3.05, 3.63) is 0 Å². The second kappa shape index (κ2) is 6.37. The molecule has 0 aromatic rings. The van der Waals surface area contributed by atoms with Crippen LogP contribution in [0.4, 0.5) is 0 Å². The van der Waals surface area contributed by atoms with Gasteiger partial charge in [-0.2, -0.15) is 0 Å². The van der Waals surface area contributed by atoms with Crippen molar-refractivity contribution in [1.29, 1.82) is 0 Å². The molecule has 7 nitrogen and oxygen atoms in total. The van der Waals surface area contributed by atoms with E-state index in [1.165, 1.54) is 0 Å². The third-order valence-corrected chi connectivity index (χ3v) is 5.86. The van der Waals surface area contributed by atoms with E-state index in [0.717, 1.165) is 6.54 Å². The lowest BCUT2D eigenvalue weighted by molar-refractivity contribution is -0.159. The molecule has 1 aliphatic carbocycles. The van der Waals surface area contributed by atoms with Crippen LogP contribution in [0.2, 0.25) is 0 Å². The van der Waals surface area contributed by atoms with Crippen molar-refractivity contribution in [2.24, 2.45) is 5.92 Å². The van der Waals surface area contributed by atoms with Crippen LogP contribution in [0.1, 0.15) is 25.7 Å². The second-order valence-corrected chi connectivity index (χ2v) is 7.12. The van der Waals surface area contributed by atoms with Crippen molar-refractivity contribution in [1.82, 2.24) is 14.7 Å². The Morgan fingerprint density at radius 2 is 1.87 bits per heavy atom. The number of carbonyl (C=O) groups excluding carboxylic acids is 2. The first-order chi connectivity index (χ1) is 11.0. The number of aliphatic hydroxyl groups is 2. The normalized spacial score (nSPS) is 31.3. The predicted octanol–water partition coefficient (Wildman–Crippen LogP) is -1.12. The van der Waals surface area contributed by atoms with E-state index in [0.29, 0.717) is 51.9 Å². The Kier molecular flexibility index (Phi) is 4.62. The Balaban J connectivity index is 1.63. The van der Waals surface area contributed by atoms with Crippen molar-refractivity contribution < 1.29 is 19.8 Å². The van der Waals surface area contributed by atoms with Crippen molar-refractivity contribution in [3.8, 4) is 0 Å². The number of likely N-dealkylation sites (N-methyl/N-ethyl adjacent to an activating group) is 1. The molecule has 2 saturated heterocycles. The Morgan fingerprint density at radius 1 is 1.22 bits per heavy atom. The molecule has 0 unspecified atom stereocenters. The van der Waals surface area contributed by atoms with Gasteiger partial charge >= 0.3 is 0 Å². The minimum atomic E-state index is -0.524. The number of rotatable bonds is 3. The van der Waals surface area contributed by atoms with Crippen LogP contribution in [0.25, 0.3) is 0 Å². The fourth-order valence-corrected chi connectivity index (χ4v) is 4.12. The number of carbonyl (C=O) groups is 2. The van der Waals surface area contributed by atoms with Gasteiger partial charge in [-0.25, -0.2) is 0 Å². The zero-order valence-corrected chi connectivity index (χ0v) is 13.8. The Labute approximate surface area is 136 Å². The third kappa shape index (κ3) is 2.86. The fourth-order valence-electron chi connectivity index (χ4n) is 4.12. The average molecular weight is 325 g/mol. The molecule has 130 valence electrons. The van der Waals surface area contributed by atoms with Crippen LogP contribution in [0, 0.1) is 5.92 Å². The molecule has 2 amide bonds. The summed E-state index contributed by atoms with van der Waals surface area (Å²) < 4.78 is 0. The molecule has 7 heteroatoms. The fraction of sp³-hybridized carbons (Fsp3) is 0.875. The first-order valence-corrected chi connectivity index (χ1v) is 8.56. The molecule has 0 aromatic heterocycles. The molecule has 2 N–H and O–H groups in total. The monoisotopic (exact) mass is 325 g/mol. The zero-order valence-electron chi connectivity index (χ0n) is 13.8. The molecule has 2 aliphatic heterocycles. The number of nitrogens with zero attached hydrogens (tertiary/aromatic N) is 3. The number of β-amino-alcohol motifs (C(OH)–C–C–N with tert-alkyl or cyclic N) is 1. The van der Waals surface area contributed by atoms with Crippen LogP contribution in [0.5, 0.6) is 0 Å². The SMILES string of the molecule is CN1CCN(CCO)C(=O)C12CCN(C(=O)C1CC(O)C1)CC2. The molecular weight excluding hydrogens is 298 g/mol. The van der Waals surface area contributed by atoms with Crippen LogP contribution >= 0.6 is 0 Å². The Morgan fingerprint density at radius 3 is 2.43 bits per heavy atom. The highest BCUT2D eigenvalue weighted by atomic mass is 16.3. The molecule has 23 heavy (non-hydrogen) atoms. The number of hydrogen-bond donors (Lipinski definition) is 2. The van der Waals surface area contributed by atoms with Crippen LogP contribution in [-0.4, -0.2) is 94.7 Å². The van der Waals surface area contributed by atoms with Crippen molar-refractivity contribution in [3.63, 3.8) is 0 Å². The average Bonchev–Trinajstić information content (AvgIpc) is 2.53. The van der Waals surface area contributed by atoms with Crippen molar-refractivity contribution >= 4 is 11.8 Å². The summed E-state index contributed by atoms with van der Waals surface area (Å²) in [5, 5.41) is 18.5. The molecule has 1 saturated carbocycles. The minimum absolute atomic E-state index is 0.0137. The predicted molar refractivity (Wildman–Crippen MR) is 83.6 cm³/mol. The zero-order chi connectivity index (χ0) is 16.6. The van der Waals surface area contributed by atoms with Gasteiger partial charge in [0.1, 0.15) is 5.54 Å². The Bertz CT molecular complexity index is 470. The van der Waals surface area contributed by atoms with Gasteiger partial charge in [0.15, 0.2) is 0 Å². The molecule has 1 spiro atoms. The van der Waals surface area contributed by atoms with E-state index in [-0.39, 0.29) is 30.4 Å². The summed E-state index contributed by atoms with van der Waals surface area (Å²) >= 11 is 0. The summed E-state index contributed by atoms with van der Waals surface area (Å²) in [7, 11) is 1.98. The van der Waals surface area contributed by atoms with Crippen molar-refractivity contribution in [2.45, 2.75) is 37.3 Å². The van der Waals surface area contributed by atoms with E-state index >= 15 is 0 Å². The largest absolute Gasteiger partial charge is 0.395 e. The first-order valence-electron chi connectivity index (χ1n) is 8.56. The maximum absolute atomic E-state index is 12.9. The third-order valence-electron chi connectivity index (χ3n) is 5.86. The lowest BCUT2D eigenvalue weighted by atomic mass is 9.79. The first kappa shape index (κ1) is 16.7. The van der Waals surface area contributed by atoms with Gasteiger partial charge in [0.25, 0.3) is 0 Å². The standard InChI is InChI=1S/C16H27N3O4/c1-17-6-7-19(8-9-20)15(23)16(17)2-4-18(5-3-16)14(22)12-10-13(21)11-12/h12-13,20-21H,2-11H2,1H3. The Hall–Kier alpha value is -1.18. The number of hydrogen-bond acceptors (Lipinski definition) is 5. The lowest BCUT2D eigenvalue weighted by Crippen LogP contribution is -2.68. The quantitative estimate of drug-likeness (QED) is 0.687. The van der Waals surface area contributed by atoms with Gasteiger partial charge < -0.3 is 20.0 Å². The van der Waals surface area contributed by atoms with Crippen LogP contribution < -0.4 is 0 Å². The molecule has 0 atom stereocenters. The molecule has 3 fully saturated rings. The van der Waals surface area contributed by atoms with Gasteiger partial charge in [0.05, 0.1) is 12.7 Å². The topological polar surface area (TPSA) is 84.3 Å². The molecule has 3 rings (SSSR count). The van der Waals surface area contributed by atoms with Crippen LogP contribution in [0.3, 0.4) is 0 Å². The van der Waals surface area contributed by atoms with Crippen LogP contribution in [-0.2, 0) is 9.59 Å². The summed E-state index contributed by atoms with van der Waals surface area (Å²) in [4.78, 5) is 31.0. The summed E-state index contributed by atoms with van der Waals surface area (Å²) in [6.45, 7) is 3.01. The number of aliphatic hydroxyl groups excluding tert-OH is 2.